The van der Waals surface area contributed by atoms with Crippen molar-refractivity contribution in [3.05, 3.63) is 84.4 Å². The molecule has 30 heavy (non-hydrogen) atoms. The number of carbonyl (C=O) groups is 1. The first-order valence-electron chi connectivity index (χ1n) is 10.3. The summed E-state index contributed by atoms with van der Waals surface area (Å²) in [6, 6.07) is 26.8. The predicted molar refractivity (Wildman–Crippen MR) is 125 cm³/mol. The molecule has 0 saturated carbocycles. The number of fused-ring (bicyclic) bond motifs is 2. The van der Waals surface area contributed by atoms with Crippen LogP contribution in [0.1, 0.15) is 5.56 Å². The molecule has 0 spiro atoms. The summed E-state index contributed by atoms with van der Waals surface area (Å²) in [4.78, 5) is 21.6. The monoisotopic (exact) mass is 417 g/mol. The lowest BCUT2D eigenvalue weighted by Crippen LogP contribution is -2.42. The quantitative estimate of drug-likeness (QED) is 0.529. The summed E-state index contributed by atoms with van der Waals surface area (Å²) in [5.41, 5.74) is 3.25. The van der Waals surface area contributed by atoms with E-state index in [-0.39, 0.29) is 6.03 Å². The molecule has 1 heterocycles. The lowest BCUT2D eigenvalue weighted by Gasteiger charge is -2.34. The molecule has 0 atom stereocenters. The normalized spacial score (nSPS) is 12.4. The minimum absolute atomic E-state index is 0.00617. The van der Waals surface area contributed by atoms with Crippen LogP contribution in [0.3, 0.4) is 0 Å². The molecule has 0 radical (unpaired) electrons. The SMILES string of the molecule is CN(CCc1ccccc1)CCN(C)C(=O)N1c2ccccc2Sc2ccccc21. The standard InChI is InChI=1S/C25H27N3OS/c1-26(17-16-20-10-4-3-5-11-20)18-19-27(2)25(29)28-21-12-6-8-14-23(21)30-24-15-9-7-13-22(24)28/h3-15H,16-19H2,1-2H3. The van der Waals surface area contributed by atoms with Gasteiger partial charge in [0.1, 0.15) is 0 Å². The molecule has 4 nitrogen and oxygen atoms in total. The maximum absolute atomic E-state index is 13.4. The number of anilines is 2. The number of amides is 2. The van der Waals surface area contributed by atoms with Gasteiger partial charge in [-0.1, -0.05) is 66.4 Å². The van der Waals surface area contributed by atoms with Crippen molar-refractivity contribution >= 4 is 29.2 Å². The maximum Gasteiger partial charge on any atom is 0.328 e. The van der Waals surface area contributed by atoms with E-state index in [9.17, 15) is 4.79 Å². The fourth-order valence-corrected chi connectivity index (χ4v) is 4.63. The molecular weight excluding hydrogens is 390 g/mol. The molecule has 0 unspecified atom stereocenters. The van der Waals surface area contributed by atoms with Crippen LogP contribution in [0.25, 0.3) is 0 Å². The highest BCUT2D eigenvalue weighted by atomic mass is 32.2. The van der Waals surface area contributed by atoms with E-state index < -0.39 is 0 Å². The number of nitrogens with zero attached hydrogens (tertiary/aromatic N) is 3. The number of hydrogen-bond acceptors (Lipinski definition) is 3. The predicted octanol–water partition coefficient (Wildman–Crippen LogP) is 5.52. The molecule has 1 aliphatic heterocycles. The van der Waals surface area contributed by atoms with Crippen LogP contribution in [-0.2, 0) is 6.42 Å². The van der Waals surface area contributed by atoms with Gasteiger partial charge in [-0.3, -0.25) is 4.90 Å². The van der Waals surface area contributed by atoms with Crippen LogP contribution >= 0.6 is 11.8 Å². The molecule has 5 heteroatoms. The molecule has 1 aliphatic rings. The van der Waals surface area contributed by atoms with Gasteiger partial charge < -0.3 is 9.80 Å². The number of para-hydroxylation sites is 2. The van der Waals surface area contributed by atoms with Crippen LogP contribution in [0, 0.1) is 0 Å². The van der Waals surface area contributed by atoms with E-state index >= 15 is 0 Å². The Hall–Kier alpha value is -2.76. The van der Waals surface area contributed by atoms with Gasteiger partial charge in [-0.05, 0) is 43.3 Å². The van der Waals surface area contributed by atoms with Gasteiger partial charge in [-0.2, -0.15) is 0 Å². The zero-order valence-electron chi connectivity index (χ0n) is 17.5. The third kappa shape index (κ3) is 4.53. The average molecular weight is 418 g/mol. The zero-order chi connectivity index (χ0) is 20.9. The number of benzene rings is 3. The van der Waals surface area contributed by atoms with E-state index in [2.05, 4.69) is 48.3 Å². The van der Waals surface area contributed by atoms with Crippen LogP contribution in [0.2, 0.25) is 0 Å². The third-order valence-electron chi connectivity index (χ3n) is 5.39. The van der Waals surface area contributed by atoms with E-state index in [1.54, 1.807) is 11.8 Å². The topological polar surface area (TPSA) is 26.8 Å². The van der Waals surface area contributed by atoms with Gasteiger partial charge in [0.05, 0.1) is 11.4 Å². The summed E-state index contributed by atoms with van der Waals surface area (Å²) in [5.74, 6) is 0. The maximum atomic E-state index is 13.4. The van der Waals surface area contributed by atoms with Gasteiger partial charge in [0.15, 0.2) is 0 Å². The highest BCUT2D eigenvalue weighted by Gasteiger charge is 2.29. The van der Waals surface area contributed by atoms with E-state index in [0.29, 0.717) is 6.54 Å². The van der Waals surface area contributed by atoms with E-state index in [0.717, 1.165) is 40.7 Å². The van der Waals surface area contributed by atoms with Crippen molar-refractivity contribution in [1.82, 2.24) is 9.80 Å². The number of urea groups is 1. The van der Waals surface area contributed by atoms with Crippen molar-refractivity contribution in [1.29, 1.82) is 0 Å². The van der Waals surface area contributed by atoms with Crippen LogP contribution in [0.5, 0.6) is 0 Å². The number of rotatable bonds is 6. The molecule has 0 N–H and O–H groups in total. The molecule has 0 fully saturated rings. The fraction of sp³-hybridized carbons (Fsp3) is 0.240. The highest BCUT2D eigenvalue weighted by Crippen LogP contribution is 2.48. The van der Waals surface area contributed by atoms with Gasteiger partial charge in [-0.25, -0.2) is 4.79 Å². The first-order chi connectivity index (χ1) is 14.6. The van der Waals surface area contributed by atoms with Crippen LogP contribution in [0.15, 0.2) is 88.7 Å². The van der Waals surface area contributed by atoms with E-state index in [1.807, 2.05) is 59.3 Å². The summed E-state index contributed by atoms with van der Waals surface area (Å²) in [6.07, 6.45) is 1.01. The van der Waals surface area contributed by atoms with E-state index in [4.69, 9.17) is 0 Å². The number of carbonyl (C=O) groups excluding carboxylic acids is 1. The van der Waals surface area contributed by atoms with Crippen molar-refractivity contribution < 1.29 is 4.79 Å². The minimum atomic E-state index is 0.00617. The third-order valence-corrected chi connectivity index (χ3v) is 6.52. The molecule has 3 aromatic carbocycles. The largest absolute Gasteiger partial charge is 0.328 e. The Morgan fingerprint density at radius 3 is 1.97 bits per heavy atom. The second-order valence-electron chi connectivity index (χ2n) is 7.62. The minimum Gasteiger partial charge on any atom is -0.326 e. The van der Waals surface area contributed by atoms with Gasteiger partial charge in [0, 0.05) is 36.5 Å². The van der Waals surface area contributed by atoms with Gasteiger partial charge in [0.2, 0.25) is 0 Å². The molecule has 3 aromatic rings. The van der Waals surface area contributed by atoms with Crippen LogP contribution < -0.4 is 4.90 Å². The van der Waals surface area contributed by atoms with Gasteiger partial charge in [-0.15, -0.1) is 0 Å². The Labute approximate surface area is 183 Å². The molecule has 0 aliphatic carbocycles. The highest BCUT2D eigenvalue weighted by molar-refractivity contribution is 7.99. The summed E-state index contributed by atoms with van der Waals surface area (Å²) >= 11 is 1.72. The van der Waals surface area contributed by atoms with E-state index in [1.165, 1.54) is 5.56 Å². The Morgan fingerprint density at radius 1 is 0.767 bits per heavy atom. The summed E-state index contributed by atoms with van der Waals surface area (Å²) < 4.78 is 0. The van der Waals surface area contributed by atoms with Gasteiger partial charge in [0.25, 0.3) is 0 Å². The average Bonchev–Trinajstić information content (AvgIpc) is 2.79. The fourth-order valence-electron chi connectivity index (χ4n) is 3.57. The molecule has 4 rings (SSSR count). The second kappa shape index (κ2) is 9.37. The van der Waals surface area contributed by atoms with Crippen molar-refractivity contribution in [3.63, 3.8) is 0 Å². The van der Waals surface area contributed by atoms with Crippen molar-refractivity contribution in [2.24, 2.45) is 0 Å². The smallest absolute Gasteiger partial charge is 0.326 e. The first kappa shape index (κ1) is 20.5. The van der Waals surface area contributed by atoms with Gasteiger partial charge >= 0.3 is 6.03 Å². The Bertz CT molecular complexity index is 963. The molecule has 2 amide bonds. The molecule has 0 bridgehead atoms. The summed E-state index contributed by atoms with van der Waals surface area (Å²) in [7, 11) is 4.00. The lowest BCUT2D eigenvalue weighted by molar-refractivity contribution is 0.209. The van der Waals surface area contributed by atoms with Crippen molar-refractivity contribution in [3.8, 4) is 0 Å². The molecule has 0 aromatic heterocycles. The first-order valence-corrected chi connectivity index (χ1v) is 11.1. The van der Waals surface area contributed by atoms with Crippen LogP contribution in [0.4, 0.5) is 16.2 Å². The van der Waals surface area contributed by atoms with Crippen molar-refractivity contribution in [2.45, 2.75) is 16.2 Å². The molecule has 0 saturated heterocycles. The number of likely N-dealkylation sites (N-methyl/N-ethyl adjacent to an activating group) is 2. The molecule has 154 valence electrons. The Morgan fingerprint density at radius 2 is 1.33 bits per heavy atom. The van der Waals surface area contributed by atoms with Crippen molar-refractivity contribution in [2.75, 3.05) is 38.6 Å². The summed E-state index contributed by atoms with van der Waals surface area (Å²) in [5, 5.41) is 0. The zero-order valence-corrected chi connectivity index (χ0v) is 18.3. The lowest BCUT2D eigenvalue weighted by atomic mass is 10.1. The molecular formula is C25H27N3OS. The number of hydrogen-bond donors (Lipinski definition) is 0. The Kier molecular flexibility index (Phi) is 6.41. The van der Waals surface area contributed by atoms with Crippen LogP contribution in [-0.4, -0.2) is 49.6 Å². The summed E-state index contributed by atoms with van der Waals surface area (Å²) in [6.45, 7) is 2.48. The Balaban J connectivity index is 1.41. The second-order valence-corrected chi connectivity index (χ2v) is 8.70.